The van der Waals surface area contributed by atoms with Crippen LogP contribution in [-0.2, 0) is 0 Å². The summed E-state index contributed by atoms with van der Waals surface area (Å²) >= 11 is 12.9. The Kier molecular flexibility index (Phi) is 6.44. The lowest BCUT2D eigenvalue weighted by Gasteiger charge is -2.20. The average molecular weight is 514 g/mol. The number of anilines is 1. The molecule has 4 aromatic rings. The molecular formula is C25H25Cl2N5O3. The lowest BCUT2D eigenvalue weighted by molar-refractivity contribution is 0.198. The van der Waals surface area contributed by atoms with Crippen LogP contribution in [0.5, 0.6) is 11.5 Å². The van der Waals surface area contributed by atoms with Gasteiger partial charge in [-0.15, -0.1) is 0 Å². The highest BCUT2D eigenvalue weighted by Gasteiger charge is 2.23. The molecule has 0 amide bonds. The van der Waals surface area contributed by atoms with Gasteiger partial charge in [0, 0.05) is 48.1 Å². The highest BCUT2D eigenvalue weighted by Crippen LogP contribution is 2.40. The summed E-state index contributed by atoms with van der Waals surface area (Å²) in [7, 11) is 1.59. The number of aliphatic hydroxyl groups excluding tert-OH is 1. The second-order valence-electron chi connectivity index (χ2n) is 8.59. The Labute approximate surface area is 212 Å². The van der Waals surface area contributed by atoms with E-state index < -0.39 is 6.10 Å². The van der Waals surface area contributed by atoms with Crippen LogP contribution in [0.4, 0.5) is 5.82 Å². The Morgan fingerprint density at radius 2 is 2.00 bits per heavy atom. The fraction of sp³-hybridized carbons (Fsp3) is 0.320. The number of methoxy groups -OCH3 is 1. The highest BCUT2D eigenvalue weighted by molar-refractivity contribution is 6.36. The predicted molar refractivity (Wildman–Crippen MR) is 137 cm³/mol. The summed E-state index contributed by atoms with van der Waals surface area (Å²) < 4.78 is 11.9. The third-order valence-electron chi connectivity index (χ3n) is 6.25. The number of halogens is 2. The maximum absolute atomic E-state index is 9.81. The Morgan fingerprint density at radius 3 is 2.69 bits per heavy atom. The maximum atomic E-state index is 9.81. The van der Waals surface area contributed by atoms with Gasteiger partial charge >= 0.3 is 0 Å². The largest absolute Gasteiger partial charge is 0.493 e. The number of benzene rings is 1. The molecule has 2 atom stereocenters. The number of aryl methyl sites for hydroxylation is 1. The number of pyridine rings is 2. The number of hydrogen-bond donors (Lipinski definition) is 2. The van der Waals surface area contributed by atoms with Crippen molar-refractivity contribution in [1.29, 1.82) is 0 Å². The number of aromatic amines is 1. The topological polar surface area (TPSA) is 96.4 Å². The number of rotatable bonds is 6. The Balaban J connectivity index is 1.48. The summed E-state index contributed by atoms with van der Waals surface area (Å²) in [5.41, 5.74) is 3.76. The van der Waals surface area contributed by atoms with Crippen molar-refractivity contribution in [3.8, 4) is 22.8 Å². The first-order chi connectivity index (χ1) is 16.9. The second kappa shape index (κ2) is 9.53. The van der Waals surface area contributed by atoms with Gasteiger partial charge in [0.15, 0.2) is 11.5 Å². The monoisotopic (exact) mass is 513 g/mol. The Hall–Kier alpha value is -3.07. The van der Waals surface area contributed by atoms with Crippen molar-refractivity contribution in [2.75, 3.05) is 25.1 Å². The van der Waals surface area contributed by atoms with Crippen LogP contribution in [0.3, 0.4) is 0 Å². The van der Waals surface area contributed by atoms with E-state index in [0.717, 1.165) is 40.9 Å². The van der Waals surface area contributed by atoms with Crippen molar-refractivity contribution in [3.05, 3.63) is 58.0 Å². The van der Waals surface area contributed by atoms with Crippen LogP contribution in [0.1, 0.15) is 30.7 Å². The molecule has 1 saturated heterocycles. The molecule has 1 aromatic carbocycles. The lowest BCUT2D eigenvalue weighted by Crippen LogP contribution is -2.21. The van der Waals surface area contributed by atoms with Gasteiger partial charge in [-0.3, -0.25) is 10.1 Å². The predicted octanol–water partition coefficient (Wildman–Crippen LogP) is 5.35. The van der Waals surface area contributed by atoms with Gasteiger partial charge in [0.2, 0.25) is 0 Å². The minimum atomic E-state index is -0.449. The molecule has 1 aliphatic rings. The fourth-order valence-corrected chi connectivity index (χ4v) is 5.01. The van der Waals surface area contributed by atoms with Gasteiger partial charge in [0.05, 0.1) is 34.5 Å². The third-order valence-corrected chi connectivity index (χ3v) is 7.03. The molecule has 0 aliphatic carbocycles. The zero-order chi connectivity index (χ0) is 24.7. The third kappa shape index (κ3) is 4.49. The van der Waals surface area contributed by atoms with Crippen LogP contribution < -0.4 is 14.4 Å². The summed E-state index contributed by atoms with van der Waals surface area (Å²) in [5.74, 6) is 1.93. The molecule has 35 heavy (non-hydrogen) atoms. The SMILES string of the molecule is COc1cc2[nH]nc(-c3ccc(N4CC[C@@H](O)C4)nc3)c2cc1OC(C)c1c(Cl)cnc(C)c1Cl. The number of aromatic nitrogens is 4. The summed E-state index contributed by atoms with van der Waals surface area (Å²) in [6.45, 7) is 5.10. The van der Waals surface area contributed by atoms with Gasteiger partial charge in [-0.2, -0.15) is 5.10 Å². The van der Waals surface area contributed by atoms with Crippen molar-refractivity contribution in [2.24, 2.45) is 0 Å². The molecule has 1 unspecified atom stereocenters. The zero-order valence-corrected chi connectivity index (χ0v) is 21.1. The quantitative estimate of drug-likeness (QED) is 0.358. The average Bonchev–Trinajstić information content (AvgIpc) is 3.47. The van der Waals surface area contributed by atoms with Crippen LogP contribution >= 0.6 is 23.2 Å². The van der Waals surface area contributed by atoms with E-state index in [0.29, 0.717) is 39.3 Å². The van der Waals surface area contributed by atoms with Crippen molar-refractivity contribution in [1.82, 2.24) is 20.2 Å². The summed E-state index contributed by atoms with van der Waals surface area (Å²) in [5, 5.41) is 19.2. The van der Waals surface area contributed by atoms with E-state index in [1.165, 1.54) is 0 Å². The standard InChI is InChI=1S/C25H25Cl2N5O3/c1-13-24(27)23(18(26)11-28-13)14(2)35-21-8-17-19(9-20(21)34-3)30-31-25(17)15-4-5-22(29-10-15)32-7-6-16(33)12-32/h4-5,8-11,14,16,33H,6-7,12H2,1-3H3,(H,30,31)/t14?,16-/m1/s1. The first-order valence-corrected chi connectivity index (χ1v) is 12.0. The number of nitrogens with one attached hydrogen (secondary N) is 1. The first kappa shape index (κ1) is 23.7. The summed E-state index contributed by atoms with van der Waals surface area (Å²) in [6.07, 6.45) is 3.37. The van der Waals surface area contributed by atoms with Crippen LogP contribution in [-0.4, -0.2) is 51.6 Å². The molecule has 0 radical (unpaired) electrons. The lowest BCUT2D eigenvalue weighted by atomic mass is 10.1. The van der Waals surface area contributed by atoms with Crippen molar-refractivity contribution >= 4 is 39.9 Å². The van der Waals surface area contributed by atoms with Gasteiger partial charge < -0.3 is 19.5 Å². The Bertz CT molecular complexity index is 1380. The van der Waals surface area contributed by atoms with Gasteiger partial charge in [0.1, 0.15) is 17.6 Å². The van der Waals surface area contributed by atoms with Gasteiger partial charge in [-0.25, -0.2) is 4.98 Å². The summed E-state index contributed by atoms with van der Waals surface area (Å²) in [4.78, 5) is 10.9. The molecule has 0 spiro atoms. The highest BCUT2D eigenvalue weighted by atomic mass is 35.5. The molecule has 0 saturated carbocycles. The number of β-amino-alcohol motifs (C(OH)–C–C–N with tert-alkyl or cyclic N) is 1. The van der Waals surface area contributed by atoms with Crippen molar-refractivity contribution in [2.45, 2.75) is 32.5 Å². The smallest absolute Gasteiger partial charge is 0.162 e. The molecule has 10 heteroatoms. The van der Waals surface area contributed by atoms with Gasteiger partial charge in [0.25, 0.3) is 0 Å². The van der Waals surface area contributed by atoms with E-state index in [1.807, 2.05) is 38.1 Å². The number of aliphatic hydroxyl groups is 1. The number of fused-ring (bicyclic) bond motifs is 1. The van der Waals surface area contributed by atoms with E-state index >= 15 is 0 Å². The van der Waals surface area contributed by atoms with E-state index in [2.05, 4.69) is 25.1 Å². The van der Waals surface area contributed by atoms with E-state index in [9.17, 15) is 5.11 Å². The number of H-pyrrole nitrogens is 1. The first-order valence-electron chi connectivity index (χ1n) is 11.3. The van der Waals surface area contributed by atoms with Gasteiger partial charge in [-0.1, -0.05) is 23.2 Å². The van der Waals surface area contributed by atoms with E-state index in [4.69, 9.17) is 32.7 Å². The van der Waals surface area contributed by atoms with Crippen molar-refractivity contribution < 1.29 is 14.6 Å². The van der Waals surface area contributed by atoms with Crippen molar-refractivity contribution in [3.63, 3.8) is 0 Å². The second-order valence-corrected chi connectivity index (χ2v) is 9.38. The minimum absolute atomic E-state index is 0.302. The minimum Gasteiger partial charge on any atom is -0.493 e. The fourth-order valence-electron chi connectivity index (χ4n) is 4.36. The summed E-state index contributed by atoms with van der Waals surface area (Å²) in [6, 6.07) is 7.68. The molecule has 5 rings (SSSR count). The van der Waals surface area contributed by atoms with Crippen LogP contribution in [0.15, 0.2) is 36.7 Å². The van der Waals surface area contributed by atoms with Gasteiger partial charge in [-0.05, 0) is 38.5 Å². The van der Waals surface area contributed by atoms with Crippen LogP contribution in [0, 0.1) is 6.92 Å². The maximum Gasteiger partial charge on any atom is 0.162 e. The molecule has 182 valence electrons. The Morgan fingerprint density at radius 1 is 1.17 bits per heavy atom. The van der Waals surface area contributed by atoms with E-state index in [-0.39, 0.29) is 6.10 Å². The molecule has 1 aliphatic heterocycles. The molecular weight excluding hydrogens is 489 g/mol. The zero-order valence-electron chi connectivity index (χ0n) is 19.5. The molecule has 4 heterocycles. The molecule has 0 bridgehead atoms. The normalized spacial score (nSPS) is 16.6. The van der Waals surface area contributed by atoms with E-state index in [1.54, 1.807) is 19.5 Å². The van der Waals surface area contributed by atoms with Crippen LogP contribution in [0.2, 0.25) is 10.0 Å². The van der Waals surface area contributed by atoms with Crippen LogP contribution in [0.25, 0.3) is 22.2 Å². The molecule has 1 fully saturated rings. The number of nitrogens with zero attached hydrogens (tertiary/aromatic N) is 4. The number of hydrogen-bond acceptors (Lipinski definition) is 7. The molecule has 2 N–H and O–H groups in total. The molecule has 3 aromatic heterocycles. The molecule has 8 nitrogen and oxygen atoms in total. The number of ether oxygens (including phenoxy) is 2.